The first kappa shape index (κ1) is 30.5. The summed E-state index contributed by atoms with van der Waals surface area (Å²) >= 11 is 0. The third-order valence-corrected chi connectivity index (χ3v) is 5.95. The van der Waals surface area contributed by atoms with Gasteiger partial charge in [-0.25, -0.2) is 0 Å². The maximum absolute atomic E-state index is 12.5. The Morgan fingerprint density at radius 3 is 0.844 bits per heavy atom. The number of nitrogens with two attached hydrogens (primary N) is 1. The fourth-order valence-corrected chi connectivity index (χ4v) is 3.68. The molecule has 5 rings (SSSR count). The van der Waals surface area contributed by atoms with Crippen LogP contribution in [0.4, 0.5) is 28.4 Å². The van der Waals surface area contributed by atoms with Crippen molar-refractivity contribution in [2.75, 3.05) is 26.1 Å². The van der Waals surface area contributed by atoms with Gasteiger partial charge >= 0.3 is 0 Å². The average molecular weight is 612 g/mol. The standard InChI is InChI=1S/C30H23N6O9/c31-32(37)22-6-8-24(9-7-22)34(39)43-28-18-20-30(21-19-28)45-36(41)26-12-10-25(11-13-26)35(40)44-29-16-14-27(15-17-29)42-33(38)23-4-2-1-3-5-23/h1-21H,31H2/q-5. The summed E-state index contributed by atoms with van der Waals surface area (Å²) < 4.78 is 0. The summed E-state index contributed by atoms with van der Waals surface area (Å²) in [6, 6.07) is 30.7. The minimum Gasteiger partial charge on any atom is -0.743 e. The van der Waals surface area contributed by atoms with E-state index in [1.807, 2.05) is 0 Å². The lowest BCUT2D eigenvalue weighted by Crippen LogP contribution is -2.23. The molecule has 232 valence electrons. The molecule has 0 spiro atoms. The van der Waals surface area contributed by atoms with Crippen LogP contribution in [-0.2, 0) is 0 Å². The van der Waals surface area contributed by atoms with E-state index >= 15 is 0 Å². The minimum atomic E-state index is 0.0814. The van der Waals surface area contributed by atoms with Crippen molar-refractivity contribution in [1.29, 1.82) is 0 Å². The summed E-state index contributed by atoms with van der Waals surface area (Å²) in [6.07, 6.45) is 0. The molecule has 0 amide bonds. The second-order valence-corrected chi connectivity index (χ2v) is 9.03. The third kappa shape index (κ3) is 8.12. The molecular weight excluding hydrogens is 588 g/mol. The van der Waals surface area contributed by atoms with Crippen LogP contribution in [0.5, 0.6) is 23.0 Å². The van der Waals surface area contributed by atoms with E-state index in [1.165, 1.54) is 97.1 Å². The Morgan fingerprint density at radius 1 is 0.333 bits per heavy atom. The first-order valence-corrected chi connectivity index (χ1v) is 13.0. The Hall–Kier alpha value is -5.94. The van der Waals surface area contributed by atoms with Gasteiger partial charge in [0.15, 0.2) is 23.0 Å². The zero-order valence-electron chi connectivity index (χ0n) is 23.1. The van der Waals surface area contributed by atoms with E-state index in [2.05, 4.69) is 0 Å². The quantitative estimate of drug-likeness (QED) is 0.119. The number of anilines is 5. The molecule has 45 heavy (non-hydrogen) atoms. The van der Waals surface area contributed by atoms with Gasteiger partial charge < -0.3 is 50.6 Å². The van der Waals surface area contributed by atoms with E-state index in [4.69, 9.17) is 25.2 Å². The molecule has 0 aliphatic heterocycles. The third-order valence-electron chi connectivity index (χ3n) is 5.95. The highest BCUT2D eigenvalue weighted by Gasteiger charge is 2.06. The van der Waals surface area contributed by atoms with Gasteiger partial charge in [0.05, 0.1) is 22.7 Å². The molecule has 0 atom stereocenters. The van der Waals surface area contributed by atoms with Crippen LogP contribution in [0.1, 0.15) is 0 Å². The lowest BCUT2D eigenvalue weighted by molar-refractivity contribution is 0.309. The zero-order chi connectivity index (χ0) is 31.8. The second-order valence-electron chi connectivity index (χ2n) is 9.03. The first-order valence-electron chi connectivity index (χ1n) is 13.0. The number of hydrogen-bond donors (Lipinski definition) is 1. The summed E-state index contributed by atoms with van der Waals surface area (Å²) in [7, 11) is 0. The van der Waals surface area contributed by atoms with E-state index in [0.717, 1.165) is 0 Å². The van der Waals surface area contributed by atoms with Gasteiger partial charge in [-0.2, -0.15) is 0 Å². The van der Waals surface area contributed by atoms with Crippen LogP contribution in [0, 0.1) is 26.0 Å². The van der Waals surface area contributed by atoms with Crippen molar-refractivity contribution in [1.82, 2.24) is 0 Å². The van der Waals surface area contributed by atoms with Crippen LogP contribution in [0.15, 0.2) is 127 Å². The normalized spacial score (nSPS) is 10.4. The minimum absolute atomic E-state index is 0.0814. The largest absolute Gasteiger partial charge is 0.743 e. The van der Waals surface area contributed by atoms with Crippen LogP contribution in [-0.4, -0.2) is 0 Å². The molecule has 0 saturated carbocycles. The smallest absolute Gasteiger partial charge is 0.154 e. The van der Waals surface area contributed by atoms with E-state index < -0.39 is 0 Å². The van der Waals surface area contributed by atoms with Gasteiger partial charge in [-0.15, -0.1) is 0 Å². The molecule has 0 saturated heterocycles. The van der Waals surface area contributed by atoms with Crippen LogP contribution in [0.3, 0.4) is 0 Å². The van der Waals surface area contributed by atoms with Gasteiger partial charge in [0.2, 0.25) is 0 Å². The topological polar surface area (TPSA) is 194 Å². The number of benzene rings is 5. The predicted octanol–water partition coefficient (Wildman–Crippen LogP) is 6.06. The molecule has 15 nitrogen and oxygen atoms in total. The molecule has 0 unspecified atom stereocenters. The molecule has 5 aromatic carbocycles. The molecule has 0 aromatic heterocycles. The lowest BCUT2D eigenvalue weighted by atomic mass is 10.3. The average Bonchev–Trinajstić information content (AvgIpc) is 3.07. The molecule has 0 aliphatic rings. The molecule has 0 radical (unpaired) electrons. The second kappa shape index (κ2) is 14.0. The number of hydrazine groups is 1. The van der Waals surface area contributed by atoms with Gasteiger partial charge in [-0.3, -0.25) is 26.7 Å². The Morgan fingerprint density at radius 2 is 0.578 bits per heavy atom. The molecule has 0 fully saturated rings. The van der Waals surface area contributed by atoms with Crippen molar-refractivity contribution in [3.8, 4) is 23.0 Å². The zero-order valence-corrected chi connectivity index (χ0v) is 23.1. The highest BCUT2D eigenvalue weighted by molar-refractivity contribution is 5.57. The monoisotopic (exact) mass is 611 g/mol. The van der Waals surface area contributed by atoms with Gasteiger partial charge in [-0.1, -0.05) is 18.2 Å². The van der Waals surface area contributed by atoms with Gasteiger partial charge in [0.1, 0.15) is 0 Å². The van der Waals surface area contributed by atoms with E-state index in [9.17, 15) is 26.0 Å². The van der Waals surface area contributed by atoms with Gasteiger partial charge in [0, 0.05) is 5.69 Å². The highest BCUT2D eigenvalue weighted by atomic mass is 16.9. The van der Waals surface area contributed by atoms with Crippen LogP contribution < -0.4 is 51.3 Å². The fraction of sp³-hybridized carbons (Fsp3) is 0. The van der Waals surface area contributed by atoms with Crippen molar-refractivity contribution in [3.63, 3.8) is 0 Å². The molecular formula is C30H23N6O9-5. The Bertz CT molecular complexity index is 1630. The number of para-hydroxylation sites is 1. The summed E-state index contributed by atoms with van der Waals surface area (Å²) in [5, 5.41) is 61.7. The van der Waals surface area contributed by atoms with Gasteiger partial charge in [0.25, 0.3) is 0 Å². The molecule has 0 bridgehead atoms. The van der Waals surface area contributed by atoms with Crippen molar-refractivity contribution in [3.05, 3.63) is 153 Å². The van der Waals surface area contributed by atoms with Crippen molar-refractivity contribution < 1.29 is 19.4 Å². The number of hydrogen-bond acceptors (Lipinski definition) is 15. The maximum atomic E-state index is 12.5. The number of nitrogens with zero attached hydrogens (tertiary/aromatic N) is 5. The summed E-state index contributed by atoms with van der Waals surface area (Å²) in [5.41, 5.74) is 0.774. The van der Waals surface area contributed by atoms with Crippen LogP contribution in [0.25, 0.3) is 0 Å². The molecule has 5 aromatic rings. The molecule has 0 heterocycles. The molecule has 0 aliphatic carbocycles. The van der Waals surface area contributed by atoms with Crippen LogP contribution >= 0.6 is 0 Å². The summed E-state index contributed by atoms with van der Waals surface area (Å²) in [6.45, 7) is 0. The fourth-order valence-electron chi connectivity index (χ4n) is 3.68. The molecule has 2 N–H and O–H groups in total. The van der Waals surface area contributed by atoms with E-state index in [0.29, 0.717) is 10.9 Å². The van der Waals surface area contributed by atoms with Crippen molar-refractivity contribution in [2.45, 2.75) is 0 Å². The first-order chi connectivity index (χ1) is 21.7. The maximum Gasteiger partial charge on any atom is 0.154 e. The Kier molecular flexibility index (Phi) is 9.51. The van der Waals surface area contributed by atoms with Crippen LogP contribution in [0.2, 0.25) is 0 Å². The predicted molar refractivity (Wildman–Crippen MR) is 168 cm³/mol. The summed E-state index contributed by atoms with van der Waals surface area (Å²) in [4.78, 5) is 21.0. The SMILES string of the molecule is NN([O-])c1ccc(N([O-])Oc2ccc(ON([O-])c3ccc(N([O-])Oc4ccc(ON([O-])c5ccccc5)cc4)cc3)cc2)cc1. The van der Waals surface area contributed by atoms with E-state index in [-0.39, 0.29) is 66.6 Å². The van der Waals surface area contributed by atoms with Crippen molar-refractivity contribution >= 4 is 28.4 Å². The van der Waals surface area contributed by atoms with E-state index in [1.54, 1.807) is 30.3 Å². The lowest BCUT2D eigenvalue weighted by Gasteiger charge is -2.32. The molecule has 15 heteroatoms. The van der Waals surface area contributed by atoms with Gasteiger partial charge in [-0.05, 0) is 109 Å². The number of rotatable bonds is 13. The summed E-state index contributed by atoms with van der Waals surface area (Å²) in [5.74, 6) is 5.83. The highest BCUT2D eigenvalue weighted by Crippen LogP contribution is 2.27. The Labute approximate surface area is 256 Å². The van der Waals surface area contributed by atoms with Crippen molar-refractivity contribution in [2.24, 2.45) is 5.84 Å². The Balaban J connectivity index is 1.10.